The molecule has 6 nitrogen and oxygen atoms in total. The van der Waals surface area contributed by atoms with Gasteiger partial charge in [0.05, 0.1) is 21.3 Å². The van der Waals surface area contributed by atoms with Gasteiger partial charge in [0.1, 0.15) is 5.75 Å². The fraction of sp³-hybridized carbons (Fsp3) is 0.261. The predicted molar refractivity (Wildman–Crippen MR) is 112 cm³/mol. The largest absolute Gasteiger partial charge is 0.493 e. The SMILES string of the molecule is COc1ccc(CNC(=O)[C@H](C)Oc2ccc3ccccc3c2)c(OC)c1OC. The maximum atomic E-state index is 12.5. The van der Waals surface area contributed by atoms with Crippen molar-refractivity contribution in [1.82, 2.24) is 5.32 Å². The van der Waals surface area contributed by atoms with E-state index in [-0.39, 0.29) is 12.5 Å². The number of ether oxygens (including phenoxy) is 4. The molecule has 0 radical (unpaired) electrons. The van der Waals surface area contributed by atoms with Crippen molar-refractivity contribution in [2.45, 2.75) is 19.6 Å². The Kier molecular flexibility index (Phi) is 6.44. The first-order valence-corrected chi connectivity index (χ1v) is 9.28. The number of benzene rings is 3. The number of fused-ring (bicyclic) bond motifs is 1. The van der Waals surface area contributed by atoms with E-state index in [1.54, 1.807) is 34.3 Å². The van der Waals surface area contributed by atoms with Crippen molar-refractivity contribution in [3.05, 3.63) is 60.2 Å². The van der Waals surface area contributed by atoms with E-state index in [1.807, 2.05) is 48.5 Å². The van der Waals surface area contributed by atoms with Gasteiger partial charge in [-0.25, -0.2) is 0 Å². The van der Waals surface area contributed by atoms with Crippen LogP contribution in [-0.2, 0) is 11.3 Å². The third-order valence-corrected chi connectivity index (χ3v) is 4.64. The van der Waals surface area contributed by atoms with Crippen LogP contribution in [0.25, 0.3) is 10.8 Å². The van der Waals surface area contributed by atoms with Crippen LogP contribution in [0.1, 0.15) is 12.5 Å². The Labute approximate surface area is 170 Å². The van der Waals surface area contributed by atoms with E-state index < -0.39 is 6.10 Å². The van der Waals surface area contributed by atoms with Gasteiger partial charge in [-0.2, -0.15) is 0 Å². The van der Waals surface area contributed by atoms with E-state index >= 15 is 0 Å². The molecule has 0 aliphatic carbocycles. The van der Waals surface area contributed by atoms with E-state index in [1.165, 1.54) is 0 Å². The minimum absolute atomic E-state index is 0.227. The Hall–Kier alpha value is -3.41. The molecule has 3 aromatic carbocycles. The zero-order chi connectivity index (χ0) is 20.8. The van der Waals surface area contributed by atoms with Crippen LogP contribution < -0.4 is 24.3 Å². The lowest BCUT2D eigenvalue weighted by Gasteiger charge is -2.18. The molecule has 0 spiro atoms. The second-order valence-electron chi connectivity index (χ2n) is 6.48. The summed E-state index contributed by atoms with van der Waals surface area (Å²) in [6.07, 6.45) is -0.651. The summed E-state index contributed by atoms with van der Waals surface area (Å²) >= 11 is 0. The standard InChI is InChI=1S/C23H25NO5/c1-15(29-19-11-9-16-7-5-6-8-17(16)13-19)23(25)24-14-18-10-12-20(26-2)22(28-4)21(18)27-3/h5-13,15H,14H2,1-4H3,(H,24,25)/t15-/m0/s1. The lowest BCUT2D eigenvalue weighted by atomic mass is 10.1. The van der Waals surface area contributed by atoms with E-state index in [9.17, 15) is 4.79 Å². The average Bonchev–Trinajstić information content (AvgIpc) is 2.76. The summed E-state index contributed by atoms with van der Waals surface area (Å²) in [6, 6.07) is 17.4. The van der Waals surface area contributed by atoms with E-state index in [0.29, 0.717) is 23.0 Å². The topological polar surface area (TPSA) is 66.0 Å². The maximum Gasteiger partial charge on any atom is 0.261 e. The van der Waals surface area contributed by atoms with Crippen molar-refractivity contribution in [3.8, 4) is 23.0 Å². The summed E-state index contributed by atoms with van der Waals surface area (Å²) in [5.74, 6) is 2.00. The van der Waals surface area contributed by atoms with E-state index in [4.69, 9.17) is 18.9 Å². The Bertz CT molecular complexity index is 1000. The molecule has 1 N–H and O–H groups in total. The van der Waals surface area contributed by atoms with Crippen LogP contribution in [0.3, 0.4) is 0 Å². The van der Waals surface area contributed by atoms with Crippen molar-refractivity contribution in [3.63, 3.8) is 0 Å². The lowest BCUT2D eigenvalue weighted by Crippen LogP contribution is -2.36. The normalized spacial score (nSPS) is 11.6. The van der Waals surface area contributed by atoms with Gasteiger partial charge < -0.3 is 24.3 Å². The molecule has 29 heavy (non-hydrogen) atoms. The second-order valence-corrected chi connectivity index (χ2v) is 6.48. The number of amides is 1. The molecular weight excluding hydrogens is 370 g/mol. The zero-order valence-corrected chi connectivity index (χ0v) is 17.0. The fourth-order valence-corrected chi connectivity index (χ4v) is 3.13. The molecule has 3 aromatic rings. The van der Waals surface area contributed by atoms with Gasteiger partial charge in [0.2, 0.25) is 5.75 Å². The summed E-state index contributed by atoms with van der Waals surface area (Å²) in [4.78, 5) is 12.5. The third kappa shape index (κ3) is 4.54. The smallest absolute Gasteiger partial charge is 0.261 e. The molecule has 0 saturated carbocycles. The predicted octanol–water partition coefficient (Wildman–Crippen LogP) is 3.95. The molecule has 0 aliphatic heterocycles. The molecule has 3 rings (SSSR count). The van der Waals surface area contributed by atoms with Crippen LogP contribution in [0, 0.1) is 0 Å². The molecule has 0 unspecified atom stereocenters. The van der Waals surface area contributed by atoms with Crippen molar-refractivity contribution >= 4 is 16.7 Å². The third-order valence-electron chi connectivity index (χ3n) is 4.64. The van der Waals surface area contributed by atoms with Gasteiger partial charge in [-0.1, -0.05) is 30.3 Å². The number of hydrogen-bond acceptors (Lipinski definition) is 5. The lowest BCUT2D eigenvalue weighted by molar-refractivity contribution is -0.127. The van der Waals surface area contributed by atoms with Gasteiger partial charge in [0, 0.05) is 12.1 Å². The van der Waals surface area contributed by atoms with Gasteiger partial charge in [-0.3, -0.25) is 4.79 Å². The first-order chi connectivity index (χ1) is 14.1. The Balaban J connectivity index is 1.66. The van der Waals surface area contributed by atoms with Gasteiger partial charge in [0.15, 0.2) is 17.6 Å². The van der Waals surface area contributed by atoms with E-state index in [2.05, 4.69) is 5.32 Å². The highest BCUT2D eigenvalue weighted by Crippen LogP contribution is 2.39. The highest BCUT2D eigenvalue weighted by atomic mass is 16.5. The molecule has 1 amide bonds. The minimum atomic E-state index is -0.651. The van der Waals surface area contributed by atoms with Crippen LogP contribution in [0.5, 0.6) is 23.0 Å². The summed E-state index contributed by atoms with van der Waals surface area (Å²) in [5, 5.41) is 5.06. The monoisotopic (exact) mass is 395 g/mol. The minimum Gasteiger partial charge on any atom is -0.493 e. The zero-order valence-electron chi connectivity index (χ0n) is 17.0. The number of carbonyl (C=O) groups is 1. The molecule has 152 valence electrons. The first kappa shape index (κ1) is 20.3. The molecule has 0 aliphatic rings. The molecule has 0 heterocycles. The second kappa shape index (κ2) is 9.19. The number of hydrogen-bond donors (Lipinski definition) is 1. The quantitative estimate of drug-likeness (QED) is 0.626. The molecule has 0 fully saturated rings. The number of rotatable bonds is 8. The van der Waals surface area contributed by atoms with Crippen LogP contribution in [0.2, 0.25) is 0 Å². The maximum absolute atomic E-state index is 12.5. The van der Waals surface area contributed by atoms with Gasteiger partial charge in [-0.05, 0) is 42.0 Å². The molecule has 0 saturated heterocycles. The highest BCUT2D eigenvalue weighted by molar-refractivity contribution is 5.84. The number of carbonyl (C=O) groups excluding carboxylic acids is 1. The Morgan fingerprint density at radius 3 is 2.31 bits per heavy atom. The average molecular weight is 395 g/mol. The summed E-state index contributed by atoms with van der Waals surface area (Å²) < 4.78 is 21.9. The van der Waals surface area contributed by atoms with Gasteiger partial charge in [-0.15, -0.1) is 0 Å². The Morgan fingerprint density at radius 1 is 0.897 bits per heavy atom. The van der Waals surface area contributed by atoms with Gasteiger partial charge >= 0.3 is 0 Å². The van der Waals surface area contributed by atoms with Crippen molar-refractivity contribution in [2.24, 2.45) is 0 Å². The Morgan fingerprint density at radius 2 is 1.62 bits per heavy atom. The molecular formula is C23H25NO5. The van der Waals surface area contributed by atoms with Crippen LogP contribution in [0.15, 0.2) is 54.6 Å². The van der Waals surface area contributed by atoms with Crippen LogP contribution in [-0.4, -0.2) is 33.3 Å². The van der Waals surface area contributed by atoms with E-state index in [0.717, 1.165) is 16.3 Å². The van der Waals surface area contributed by atoms with Crippen LogP contribution in [0.4, 0.5) is 0 Å². The summed E-state index contributed by atoms with van der Waals surface area (Å²) in [6.45, 7) is 1.99. The number of methoxy groups -OCH3 is 3. The first-order valence-electron chi connectivity index (χ1n) is 9.28. The highest BCUT2D eigenvalue weighted by Gasteiger charge is 2.19. The van der Waals surface area contributed by atoms with Gasteiger partial charge in [0.25, 0.3) is 5.91 Å². The summed E-state index contributed by atoms with van der Waals surface area (Å²) in [7, 11) is 4.65. The van der Waals surface area contributed by atoms with Crippen molar-refractivity contribution in [1.29, 1.82) is 0 Å². The number of nitrogens with one attached hydrogen (secondary N) is 1. The van der Waals surface area contributed by atoms with Crippen molar-refractivity contribution in [2.75, 3.05) is 21.3 Å². The molecule has 0 bridgehead atoms. The summed E-state index contributed by atoms with van der Waals surface area (Å²) in [5.41, 5.74) is 0.774. The molecule has 6 heteroatoms. The van der Waals surface area contributed by atoms with Crippen molar-refractivity contribution < 1.29 is 23.7 Å². The van der Waals surface area contributed by atoms with Crippen LogP contribution >= 0.6 is 0 Å². The molecule has 1 atom stereocenters. The fourth-order valence-electron chi connectivity index (χ4n) is 3.13. The molecule has 0 aromatic heterocycles.